The molecule has 5 heteroatoms. The molecule has 118 valence electrons. The van der Waals surface area contributed by atoms with E-state index in [-0.39, 0.29) is 17.4 Å². The molecule has 5 nitrogen and oxygen atoms in total. The summed E-state index contributed by atoms with van der Waals surface area (Å²) in [5.41, 5.74) is -0.216. The van der Waals surface area contributed by atoms with Crippen LogP contribution in [0.4, 0.5) is 0 Å². The predicted octanol–water partition coefficient (Wildman–Crippen LogP) is 0.893. The van der Waals surface area contributed by atoms with Crippen LogP contribution in [0.25, 0.3) is 0 Å². The van der Waals surface area contributed by atoms with Gasteiger partial charge in [-0.05, 0) is 51.6 Å². The molecule has 2 heterocycles. The van der Waals surface area contributed by atoms with Crippen molar-refractivity contribution in [3.05, 3.63) is 0 Å². The lowest BCUT2D eigenvalue weighted by Crippen LogP contribution is -2.52. The summed E-state index contributed by atoms with van der Waals surface area (Å²) in [4.78, 5) is 26.5. The third-order valence-electron chi connectivity index (χ3n) is 5.32. The van der Waals surface area contributed by atoms with E-state index in [9.17, 15) is 9.59 Å². The number of rotatable bonds is 3. The maximum atomic E-state index is 12.5. The number of carbonyl (C=O) groups is 2. The Morgan fingerprint density at radius 2 is 1.71 bits per heavy atom. The number of hydrogen-bond acceptors (Lipinski definition) is 3. The molecule has 1 aliphatic carbocycles. The first kappa shape index (κ1) is 14.8. The van der Waals surface area contributed by atoms with Gasteiger partial charge in [0.25, 0.3) is 0 Å². The van der Waals surface area contributed by atoms with E-state index in [1.54, 1.807) is 0 Å². The van der Waals surface area contributed by atoms with Gasteiger partial charge in [0, 0.05) is 30.5 Å². The summed E-state index contributed by atoms with van der Waals surface area (Å²) in [6, 6.07) is 0.243. The smallest absolute Gasteiger partial charge is 0.226 e. The zero-order chi connectivity index (χ0) is 14.9. The zero-order valence-corrected chi connectivity index (χ0v) is 13.0. The lowest BCUT2D eigenvalue weighted by Gasteiger charge is -2.37. The van der Waals surface area contributed by atoms with E-state index < -0.39 is 0 Å². The quantitative estimate of drug-likeness (QED) is 0.812. The number of piperidine rings is 2. The van der Waals surface area contributed by atoms with Gasteiger partial charge in [0.1, 0.15) is 0 Å². The number of amides is 2. The Bertz CT molecular complexity index is 406. The molecular weight excluding hydrogens is 266 g/mol. The molecule has 0 aromatic rings. The molecule has 21 heavy (non-hydrogen) atoms. The van der Waals surface area contributed by atoms with Crippen LogP contribution in [-0.4, -0.2) is 48.9 Å². The van der Waals surface area contributed by atoms with E-state index in [2.05, 4.69) is 17.6 Å². The highest BCUT2D eigenvalue weighted by Crippen LogP contribution is 2.32. The molecule has 3 aliphatic rings. The molecule has 0 radical (unpaired) electrons. The van der Waals surface area contributed by atoms with Crippen molar-refractivity contribution in [1.82, 2.24) is 15.5 Å². The maximum absolute atomic E-state index is 12.5. The van der Waals surface area contributed by atoms with Crippen LogP contribution in [0.1, 0.15) is 45.4 Å². The molecule has 0 aromatic carbocycles. The number of nitrogens with one attached hydrogen (secondary N) is 2. The lowest BCUT2D eigenvalue weighted by atomic mass is 9.80. The molecule has 0 spiro atoms. The molecule has 2 saturated heterocycles. The second-order valence-corrected chi connectivity index (χ2v) is 7.16. The van der Waals surface area contributed by atoms with Crippen molar-refractivity contribution >= 4 is 11.8 Å². The first-order chi connectivity index (χ1) is 10.1. The Morgan fingerprint density at radius 3 is 2.29 bits per heavy atom. The first-order valence-electron chi connectivity index (χ1n) is 8.39. The number of carbonyl (C=O) groups excluding carboxylic acids is 2. The molecule has 2 aliphatic heterocycles. The summed E-state index contributed by atoms with van der Waals surface area (Å²) in [6.07, 6.45) is 5.77. The van der Waals surface area contributed by atoms with E-state index >= 15 is 0 Å². The van der Waals surface area contributed by atoms with E-state index in [4.69, 9.17) is 0 Å². The van der Waals surface area contributed by atoms with Gasteiger partial charge in [0.15, 0.2) is 0 Å². The van der Waals surface area contributed by atoms with Gasteiger partial charge in [0.2, 0.25) is 11.8 Å². The van der Waals surface area contributed by atoms with Crippen LogP contribution >= 0.6 is 0 Å². The second kappa shape index (κ2) is 5.95. The molecule has 0 unspecified atom stereocenters. The number of hydrogen-bond donors (Lipinski definition) is 2. The standard InChI is InChI=1S/C16H27N3O2/c1-16(6-8-17-9-7-16)15(21)18-13-4-10-19(11-5-13)14(20)12-2-3-12/h12-13,17H,2-11H2,1H3,(H,18,21). The first-order valence-corrected chi connectivity index (χ1v) is 8.39. The van der Waals surface area contributed by atoms with Crippen LogP contribution < -0.4 is 10.6 Å². The van der Waals surface area contributed by atoms with Crippen molar-refractivity contribution in [2.45, 2.75) is 51.5 Å². The third-order valence-corrected chi connectivity index (χ3v) is 5.32. The summed E-state index contributed by atoms with van der Waals surface area (Å²) in [5, 5.41) is 6.54. The van der Waals surface area contributed by atoms with E-state index in [0.29, 0.717) is 11.8 Å². The fourth-order valence-corrected chi connectivity index (χ4v) is 3.40. The highest BCUT2D eigenvalue weighted by atomic mass is 16.2. The van der Waals surface area contributed by atoms with Crippen LogP contribution in [0.15, 0.2) is 0 Å². The van der Waals surface area contributed by atoms with E-state index in [0.717, 1.165) is 64.7 Å². The fourth-order valence-electron chi connectivity index (χ4n) is 3.40. The van der Waals surface area contributed by atoms with Crippen LogP contribution in [0.5, 0.6) is 0 Å². The number of likely N-dealkylation sites (tertiary alicyclic amines) is 1. The Hall–Kier alpha value is -1.10. The van der Waals surface area contributed by atoms with Crippen LogP contribution in [0.2, 0.25) is 0 Å². The molecule has 2 N–H and O–H groups in total. The van der Waals surface area contributed by atoms with Crippen molar-refractivity contribution in [3.8, 4) is 0 Å². The summed E-state index contributed by atoms with van der Waals surface area (Å²) >= 11 is 0. The summed E-state index contributed by atoms with van der Waals surface area (Å²) in [5.74, 6) is 0.853. The average Bonchev–Trinajstić information content (AvgIpc) is 3.33. The third kappa shape index (κ3) is 3.39. The Kier molecular flexibility index (Phi) is 4.20. The second-order valence-electron chi connectivity index (χ2n) is 7.16. The van der Waals surface area contributed by atoms with Crippen LogP contribution in [0.3, 0.4) is 0 Å². The van der Waals surface area contributed by atoms with Gasteiger partial charge in [-0.15, -0.1) is 0 Å². The van der Waals surface area contributed by atoms with Gasteiger partial charge in [-0.2, -0.15) is 0 Å². The molecule has 0 aromatic heterocycles. The molecule has 1 saturated carbocycles. The predicted molar refractivity (Wildman–Crippen MR) is 80.7 cm³/mol. The molecule has 0 bridgehead atoms. The van der Waals surface area contributed by atoms with Crippen molar-refractivity contribution in [2.24, 2.45) is 11.3 Å². The Morgan fingerprint density at radius 1 is 1.10 bits per heavy atom. The Labute approximate surface area is 126 Å². The van der Waals surface area contributed by atoms with Crippen molar-refractivity contribution in [2.75, 3.05) is 26.2 Å². The van der Waals surface area contributed by atoms with Crippen LogP contribution in [-0.2, 0) is 9.59 Å². The topological polar surface area (TPSA) is 61.4 Å². The maximum Gasteiger partial charge on any atom is 0.226 e. The van der Waals surface area contributed by atoms with Gasteiger partial charge in [0.05, 0.1) is 0 Å². The Balaban J connectivity index is 1.46. The monoisotopic (exact) mass is 293 g/mol. The molecule has 2 amide bonds. The van der Waals surface area contributed by atoms with Crippen molar-refractivity contribution in [1.29, 1.82) is 0 Å². The van der Waals surface area contributed by atoms with Gasteiger partial charge in [-0.25, -0.2) is 0 Å². The molecular formula is C16H27N3O2. The molecule has 3 rings (SSSR count). The van der Waals surface area contributed by atoms with E-state index in [1.165, 1.54) is 0 Å². The molecule has 0 atom stereocenters. The van der Waals surface area contributed by atoms with E-state index in [1.807, 2.05) is 4.90 Å². The minimum Gasteiger partial charge on any atom is -0.353 e. The van der Waals surface area contributed by atoms with Crippen molar-refractivity contribution in [3.63, 3.8) is 0 Å². The summed E-state index contributed by atoms with van der Waals surface area (Å²) in [7, 11) is 0. The van der Waals surface area contributed by atoms with Gasteiger partial charge >= 0.3 is 0 Å². The highest BCUT2D eigenvalue weighted by molar-refractivity contribution is 5.83. The fraction of sp³-hybridized carbons (Fsp3) is 0.875. The summed E-state index contributed by atoms with van der Waals surface area (Å²) < 4.78 is 0. The lowest BCUT2D eigenvalue weighted by molar-refractivity contribution is -0.134. The van der Waals surface area contributed by atoms with Crippen LogP contribution in [0, 0.1) is 11.3 Å². The average molecular weight is 293 g/mol. The number of nitrogens with zero attached hydrogens (tertiary/aromatic N) is 1. The zero-order valence-electron chi connectivity index (χ0n) is 13.0. The minimum atomic E-state index is -0.216. The highest BCUT2D eigenvalue weighted by Gasteiger charge is 2.38. The normalized spacial score (nSPS) is 26.4. The SMILES string of the molecule is CC1(C(=O)NC2CCN(C(=O)C3CC3)CC2)CCNCC1. The molecule has 3 fully saturated rings. The van der Waals surface area contributed by atoms with Gasteiger partial charge < -0.3 is 15.5 Å². The van der Waals surface area contributed by atoms with Crippen molar-refractivity contribution < 1.29 is 9.59 Å². The van der Waals surface area contributed by atoms with Gasteiger partial charge in [-0.3, -0.25) is 9.59 Å². The summed E-state index contributed by atoms with van der Waals surface area (Å²) in [6.45, 7) is 5.54. The minimum absolute atomic E-state index is 0.205. The van der Waals surface area contributed by atoms with Gasteiger partial charge in [-0.1, -0.05) is 6.92 Å². The largest absolute Gasteiger partial charge is 0.353 e.